The molecule has 200 valence electrons. The lowest BCUT2D eigenvalue weighted by atomic mass is 9.76. The number of hydrogen-bond donors (Lipinski definition) is 3. The van der Waals surface area contributed by atoms with E-state index in [1.54, 1.807) is 37.5 Å². The number of nitrogens with two attached hydrogens (primary N) is 2. The van der Waals surface area contributed by atoms with E-state index in [1.165, 1.54) is 12.0 Å². The topological polar surface area (TPSA) is 145 Å². The van der Waals surface area contributed by atoms with Gasteiger partial charge in [-0.05, 0) is 48.7 Å². The molecule has 2 aromatic carbocycles. The number of nitrogens with one attached hydrogen (secondary N) is 1. The number of quaternary nitrogens is 1. The Labute approximate surface area is 224 Å². The van der Waals surface area contributed by atoms with Gasteiger partial charge in [-0.2, -0.15) is 0 Å². The number of primary amides is 1. The van der Waals surface area contributed by atoms with Crippen molar-refractivity contribution in [2.24, 2.45) is 17.6 Å². The first-order valence-electron chi connectivity index (χ1n) is 12.5. The van der Waals surface area contributed by atoms with Crippen LogP contribution in [0.1, 0.15) is 29.5 Å². The minimum Gasteiger partial charge on any atom is -0.493 e. The van der Waals surface area contributed by atoms with Gasteiger partial charge < -0.3 is 25.8 Å². The minimum absolute atomic E-state index is 0.0434. The molecule has 4 atom stereocenters. The van der Waals surface area contributed by atoms with Crippen molar-refractivity contribution in [2.45, 2.75) is 37.8 Å². The molecule has 3 aliphatic heterocycles. The highest BCUT2D eigenvalue weighted by molar-refractivity contribution is 6.32. The van der Waals surface area contributed by atoms with Crippen LogP contribution in [0.3, 0.4) is 0 Å². The molecule has 4 amide bonds. The van der Waals surface area contributed by atoms with Crippen molar-refractivity contribution in [3.05, 3.63) is 52.0 Å². The Morgan fingerprint density at radius 2 is 1.87 bits per heavy atom. The minimum atomic E-state index is -1.33. The van der Waals surface area contributed by atoms with Crippen molar-refractivity contribution >= 4 is 40.9 Å². The first-order chi connectivity index (χ1) is 18.1. The number of hydrogen-bond acceptors (Lipinski definition) is 6. The molecule has 0 saturated carbocycles. The summed E-state index contributed by atoms with van der Waals surface area (Å²) in [6.07, 6.45) is 0.717. The second kappa shape index (κ2) is 9.59. The van der Waals surface area contributed by atoms with E-state index in [2.05, 4.69) is 5.32 Å². The number of methoxy groups -OCH3 is 2. The van der Waals surface area contributed by atoms with Gasteiger partial charge in [-0.1, -0.05) is 17.7 Å². The quantitative estimate of drug-likeness (QED) is 0.423. The summed E-state index contributed by atoms with van der Waals surface area (Å²) >= 11 is 6.32. The predicted molar refractivity (Wildman–Crippen MR) is 138 cm³/mol. The summed E-state index contributed by atoms with van der Waals surface area (Å²) in [4.78, 5) is 54.2. The molecule has 2 saturated heterocycles. The SMILES string of the molecule is COc1ccc(CCN2C(=O)[C@H]3[C@@H](C2=O)[C@]2([NH2+][C@@H]3CCC(N)=O)C(=O)Nc3c2ccc(Cl)c3C)cc1OC. The van der Waals surface area contributed by atoms with Gasteiger partial charge in [0, 0.05) is 30.0 Å². The fraction of sp³-hybridized carbons (Fsp3) is 0.407. The van der Waals surface area contributed by atoms with Crippen molar-refractivity contribution in [2.75, 3.05) is 26.1 Å². The van der Waals surface area contributed by atoms with Gasteiger partial charge in [-0.15, -0.1) is 0 Å². The van der Waals surface area contributed by atoms with Crippen LogP contribution in [0, 0.1) is 18.8 Å². The van der Waals surface area contributed by atoms with E-state index < -0.39 is 35.2 Å². The zero-order valence-electron chi connectivity index (χ0n) is 21.4. The summed E-state index contributed by atoms with van der Waals surface area (Å²) in [5, 5.41) is 5.20. The largest absolute Gasteiger partial charge is 0.493 e. The molecule has 3 aliphatic rings. The highest BCUT2D eigenvalue weighted by Gasteiger charge is 2.74. The van der Waals surface area contributed by atoms with Crippen molar-refractivity contribution < 1.29 is 34.0 Å². The van der Waals surface area contributed by atoms with Gasteiger partial charge in [-0.3, -0.25) is 24.1 Å². The summed E-state index contributed by atoms with van der Waals surface area (Å²) in [6.45, 7) is 1.95. The third kappa shape index (κ3) is 3.82. The molecule has 0 bridgehead atoms. The highest BCUT2D eigenvalue weighted by atomic mass is 35.5. The second-order valence-corrected chi connectivity index (χ2v) is 10.4. The molecule has 2 fully saturated rings. The summed E-state index contributed by atoms with van der Waals surface area (Å²) in [5.74, 6) is -2.15. The molecule has 0 radical (unpaired) electrons. The van der Waals surface area contributed by atoms with Crippen LogP contribution in [-0.4, -0.2) is 55.3 Å². The van der Waals surface area contributed by atoms with Crippen molar-refractivity contribution in [1.82, 2.24) is 4.90 Å². The molecule has 0 unspecified atom stereocenters. The molecular weight excluding hydrogens is 512 g/mol. The Morgan fingerprint density at radius 3 is 2.55 bits per heavy atom. The van der Waals surface area contributed by atoms with E-state index in [4.69, 9.17) is 26.8 Å². The van der Waals surface area contributed by atoms with Crippen LogP contribution in [-0.2, 0) is 31.1 Å². The van der Waals surface area contributed by atoms with Crippen LogP contribution in [0.4, 0.5) is 5.69 Å². The van der Waals surface area contributed by atoms with Gasteiger partial charge in [-0.25, -0.2) is 0 Å². The summed E-state index contributed by atoms with van der Waals surface area (Å²) in [6, 6.07) is 8.41. The van der Waals surface area contributed by atoms with Gasteiger partial charge in [0.15, 0.2) is 11.5 Å². The number of carbonyl (C=O) groups excluding carboxylic acids is 4. The first kappa shape index (κ1) is 26.0. The summed E-state index contributed by atoms with van der Waals surface area (Å²) in [7, 11) is 3.09. The Morgan fingerprint density at radius 1 is 1.13 bits per heavy atom. The molecule has 5 N–H and O–H groups in total. The van der Waals surface area contributed by atoms with E-state index in [9.17, 15) is 19.2 Å². The standard InChI is InChI=1S/C27H29ClN4O6/c1-13-16(28)6-5-15-23(13)30-26(36)27(15)22-21(17(31-27)7-9-20(29)33)24(34)32(25(22)35)11-10-14-4-8-18(37-2)19(12-14)38-3/h4-6,8,12,17,21-22,31H,7,9-11H2,1-3H3,(H2,29,33)(H,30,36)/p+1/t17-,21-,22+,27+/m1/s1. The molecule has 0 aliphatic carbocycles. The average Bonchev–Trinajstić information content (AvgIpc) is 3.48. The smallest absolute Gasteiger partial charge is 0.291 e. The molecule has 2 aromatic rings. The van der Waals surface area contributed by atoms with Crippen LogP contribution >= 0.6 is 11.6 Å². The van der Waals surface area contributed by atoms with Crippen molar-refractivity contribution in [1.29, 1.82) is 0 Å². The maximum atomic E-state index is 13.9. The normalized spacial score (nSPS) is 25.5. The maximum absolute atomic E-state index is 13.9. The van der Waals surface area contributed by atoms with Crippen LogP contribution in [0.15, 0.2) is 30.3 Å². The number of nitrogens with zero attached hydrogens (tertiary/aromatic N) is 1. The number of anilines is 1. The van der Waals surface area contributed by atoms with E-state index in [1.807, 2.05) is 12.1 Å². The lowest BCUT2D eigenvalue weighted by molar-refractivity contribution is -0.734. The molecule has 0 aromatic heterocycles. The van der Waals surface area contributed by atoms with Gasteiger partial charge >= 0.3 is 0 Å². The lowest BCUT2D eigenvalue weighted by Crippen LogP contribution is -2.99. The van der Waals surface area contributed by atoms with Crippen molar-refractivity contribution in [3.63, 3.8) is 0 Å². The predicted octanol–water partition coefficient (Wildman–Crippen LogP) is 0.868. The first-order valence-corrected chi connectivity index (χ1v) is 12.8. The van der Waals surface area contributed by atoms with E-state index >= 15 is 0 Å². The molecule has 38 heavy (non-hydrogen) atoms. The Kier molecular flexibility index (Phi) is 6.56. The number of benzene rings is 2. The number of likely N-dealkylation sites (tertiary alicyclic amines) is 1. The van der Waals surface area contributed by atoms with E-state index in [-0.39, 0.29) is 31.2 Å². The van der Waals surface area contributed by atoms with Gasteiger partial charge in [0.25, 0.3) is 5.91 Å². The number of ether oxygens (including phenoxy) is 2. The number of halogens is 1. The fourth-order valence-corrected chi connectivity index (χ4v) is 6.44. The number of carbonyl (C=O) groups is 4. The molecule has 10 nitrogen and oxygen atoms in total. The van der Waals surface area contributed by atoms with Gasteiger partial charge in [0.05, 0.1) is 19.9 Å². The van der Waals surface area contributed by atoms with Crippen LogP contribution in [0.5, 0.6) is 11.5 Å². The van der Waals surface area contributed by atoms with Crippen LogP contribution in [0.25, 0.3) is 0 Å². The lowest BCUT2D eigenvalue weighted by Gasteiger charge is -2.26. The molecular formula is C27H30ClN4O6+. The Balaban J connectivity index is 1.50. The van der Waals surface area contributed by atoms with Crippen LogP contribution in [0.2, 0.25) is 5.02 Å². The van der Waals surface area contributed by atoms with E-state index in [0.29, 0.717) is 39.8 Å². The molecule has 1 spiro atoms. The van der Waals surface area contributed by atoms with E-state index in [0.717, 1.165) is 5.56 Å². The molecule has 5 rings (SSSR count). The Bertz CT molecular complexity index is 1360. The zero-order chi connectivity index (χ0) is 27.4. The third-order valence-electron chi connectivity index (χ3n) is 8.13. The summed E-state index contributed by atoms with van der Waals surface area (Å²) in [5.41, 5.74) is 6.83. The third-order valence-corrected chi connectivity index (χ3v) is 8.54. The summed E-state index contributed by atoms with van der Waals surface area (Å²) < 4.78 is 10.7. The number of rotatable bonds is 8. The van der Waals surface area contributed by atoms with Crippen molar-refractivity contribution in [3.8, 4) is 11.5 Å². The van der Waals surface area contributed by atoms with Gasteiger partial charge in [0.1, 0.15) is 17.9 Å². The molecule has 3 heterocycles. The highest BCUT2D eigenvalue weighted by Crippen LogP contribution is 2.51. The zero-order valence-corrected chi connectivity index (χ0v) is 22.1. The number of fused-ring (bicyclic) bond motifs is 4. The average molecular weight is 542 g/mol. The second-order valence-electron chi connectivity index (χ2n) is 10.0. The number of imide groups is 1. The van der Waals surface area contributed by atoms with Crippen LogP contribution < -0.4 is 25.8 Å². The fourth-order valence-electron chi connectivity index (χ4n) is 6.28. The Hall–Kier alpha value is -3.63. The number of amides is 4. The molecule has 11 heteroatoms. The monoisotopic (exact) mass is 541 g/mol. The maximum Gasteiger partial charge on any atom is 0.291 e. The van der Waals surface area contributed by atoms with Gasteiger partial charge in [0.2, 0.25) is 23.3 Å².